The van der Waals surface area contributed by atoms with Gasteiger partial charge < -0.3 is 9.80 Å². The molecule has 2 fully saturated rings. The molecule has 21 heavy (non-hydrogen) atoms. The van der Waals surface area contributed by atoms with Crippen LogP contribution in [-0.4, -0.2) is 49.6 Å². The van der Waals surface area contributed by atoms with Crippen LogP contribution in [0, 0.1) is 22.7 Å². The Morgan fingerprint density at radius 2 is 1.43 bits per heavy atom. The second-order valence-electron chi connectivity index (χ2n) is 9.47. The number of likely N-dealkylation sites (tertiary alicyclic amines) is 2. The average molecular weight is 295 g/mol. The molecule has 2 saturated heterocycles. The maximum atomic E-state index is 2.73. The van der Waals surface area contributed by atoms with Crippen LogP contribution in [0.2, 0.25) is 0 Å². The maximum Gasteiger partial charge on any atom is 0.00151 e. The number of hydrogen-bond donors (Lipinski definition) is 0. The Balaban J connectivity index is 1.77. The summed E-state index contributed by atoms with van der Waals surface area (Å²) in [7, 11) is 2.26. The van der Waals surface area contributed by atoms with Crippen LogP contribution in [-0.2, 0) is 0 Å². The van der Waals surface area contributed by atoms with E-state index in [9.17, 15) is 0 Å². The van der Waals surface area contributed by atoms with Crippen molar-refractivity contribution in [2.24, 2.45) is 22.7 Å². The predicted molar refractivity (Wildman–Crippen MR) is 92.6 cm³/mol. The lowest BCUT2D eigenvalue weighted by atomic mass is 9.71. The van der Waals surface area contributed by atoms with Crippen LogP contribution in [0.3, 0.4) is 0 Å². The molecule has 0 spiro atoms. The van der Waals surface area contributed by atoms with Crippen molar-refractivity contribution in [2.45, 2.75) is 60.3 Å². The zero-order valence-corrected chi connectivity index (χ0v) is 15.4. The van der Waals surface area contributed by atoms with Gasteiger partial charge in [0.2, 0.25) is 0 Å². The second-order valence-corrected chi connectivity index (χ2v) is 9.47. The van der Waals surface area contributed by atoms with Crippen LogP contribution < -0.4 is 0 Å². The number of nitrogens with zero attached hydrogens (tertiary/aromatic N) is 2. The Hall–Kier alpha value is -0.0800. The van der Waals surface area contributed by atoms with E-state index in [0.717, 1.165) is 11.8 Å². The van der Waals surface area contributed by atoms with Gasteiger partial charge in [0.25, 0.3) is 0 Å². The number of hydrogen-bond acceptors (Lipinski definition) is 2. The lowest BCUT2D eigenvalue weighted by Crippen LogP contribution is -2.38. The molecule has 0 bridgehead atoms. The topological polar surface area (TPSA) is 6.48 Å². The molecule has 0 saturated carbocycles. The monoisotopic (exact) mass is 294 g/mol. The van der Waals surface area contributed by atoms with Crippen molar-refractivity contribution in [3.8, 4) is 0 Å². The van der Waals surface area contributed by atoms with Gasteiger partial charge in [0, 0.05) is 6.54 Å². The maximum absolute atomic E-state index is 2.73. The fraction of sp³-hybridized carbons (Fsp3) is 1.00. The second kappa shape index (κ2) is 6.58. The predicted octanol–water partition coefficient (Wildman–Crippen LogP) is 4.11. The van der Waals surface area contributed by atoms with Crippen molar-refractivity contribution < 1.29 is 0 Å². The first-order chi connectivity index (χ1) is 9.68. The molecule has 2 heterocycles. The molecule has 1 atom stereocenters. The van der Waals surface area contributed by atoms with Crippen LogP contribution in [0.4, 0.5) is 0 Å². The van der Waals surface area contributed by atoms with Gasteiger partial charge in [-0.2, -0.15) is 0 Å². The Morgan fingerprint density at radius 3 is 1.95 bits per heavy atom. The molecular weight excluding hydrogens is 256 g/mol. The van der Waals surface area contributed by atoms with Gasteiger partial charge in [0.05, 0.1) is 0 Å². The summed E-state index contributed by atoms with van der Waals surface area (Å²) in [6.45, 7) is 18.8. The lowest BCUT2D eigenvalue weighted by Gasteiger charge is -2.40. The van der Waals surface area contributed by atoms with Gasteiger partial charge in [-0.25, -0.2) is 0 Å². The molecule has 0 amide bonds. The summed E-state index contributed by atoms with van der Waals surface area (Å²) in [5.74, 6) is 1.82. The summed E-state index contributed by atoms with van der Waals surface area (Å²) in [4.78, 5) is 5.22. The Labute approximate surface area is 133 Å². The van der Waals surface area contributed by atoms with Crippen molar-refractivity contribution in [3.63, 3.8) is 0 Å². The highest BCUT2D eigenvalue weighted by molar-refractivity contribution is 4.87. The first-order valence-electron chi connectivity index (χ1n) is 9.09. The van der Waals surface area contributed by atoms with Crippen molar-refractivity contribution >= 4 is 0 Å². The minimum Gasteiger partial charge on any atom is -0.306 e. The van der Waals surface area contributed by atoms with Crippen LogP contribution in [0.25, 0.3) is 0 Å². The molecule has 0 N–H and O–H groups in total. The molecule has 0 aromatic carbocycles. The largest absolute Gasteiger partial charge is 0.306 e. The fourth-order valence-electron chi connectivity index (χ4n) is 4.18. The molecule has 2 rings (SSSR count). The van der Waals surface area contributed by atoms with E-state index < -0.39 is 0 Å². The van der Waals surface area contributed by atoms with E-state index in [0.29, 0.717) is 10.8 Å². The van der Waals surface area contributed by atoms with E-state index >= 15 is 0 Å². The van der Waals surface area contributed by atoms with E-state index in [1.165, 1.54) is 58.4 Å². The van der Waals surface area contributed by atoms with E-state index in [4.69, 9.17) is 0 Å². The fourth-order valence-corrected chi connectivity index (χ4v) is 4.18. The lowest BCUT2D eigenvalue weighted by molar-refractivity contribution is 0.0950. The van der Waals surface area contributed by atoms with Crippen LogP contribution in [0.1, 0.15) is 60.3 Å². The summed E-state index contributed by atoms with van der Waals surface area (Å²) in [6, 6.07) is 0. The van der Waals surface area contributed by atoms with Gasteiger partial charge in [0.15, 0.2) is 0 Å². The van der Waals surface area contributed by atoms with Gasteiger partial charge >= 0.3 is 0 Å². The molecule has 2 nitrogen and oxygen atoms in total. The van der Waals surface area contributed by atoms with Gasteiger partial charge in [-0.05, 0) is 81.6 Å². The van der Waals surface area contributed by atoms with Gasteiger partial charge in [0.1, 0.15) is 0 Å². The third-order valence-electron chi connectivity index (χ3n) is 6.39. The summed E-state index contributed by atoms with van der Waals surface area (Å²) in [5.41, 5.74) is 0.999. The first-order valence-corrected chi connectivity index (χ1v) is 9.09. The smallest absolute Gasteiger partial charge is 0.00151 e. The van der Waals surface area contributed by atoms with Crippen LogP contribution in [0.15, 0.2) is 0 Å². The summed E-state index contributed by atoms with van der Waals surface area (Å²) >= 11 is 0. The summed E-state index contributed by atoms with van der Waals surface area (Å²) < 4.78 is 0. The van der Waals surface area contributed by atoms with Gasteiger partial charge in [-0.15, -0.1) is 0 Å². The number of piperidine rings is 1. The summed E-state index contributed by atoms with van der Waals surface area (Å²) in [5, 5.41) is 0. The zero-order chi connectivity index (χ0) is 15.7. The highest BCUT2D eigenvalue weighted by Crippen LogP contribution is 2.39. The van der Waals surface area contributed by atoms with Crippen molar-refractivity contribution in [3.05, 3.63) is 0 Å². The van der Waals surface area contributed by atoms with E-state index in [1.54, 1.807) is 0 Å². The molecule has 0 aliphatic carbocycles. The zero-order valence-electron chi connectivity index (χ0n) is 15.4. The van der Waals surface area contributed by atoms with Gasteiger partial charge in [-0.3, -0.25) is 0 Å². The minimum atomic E-state index is 0.484. The molecular formula is C19H38N2. The van der Waals surface area contributed by atoms with Crippen molar-refractivity contribution in [1.82, 2.24) is 9.80 Å². The SMILES string of the molecule is CN1CCC(C(C)(C)CCN2CCC(C(C)(C)C)C2)CC1. The molecule has 0 radical (unpaired) electrons. The molecule has 0 aromatic rings. The minimum absolute atomic E-state index is 0.484. The van der Waals surface area contributed by atoms with Crippen LogP contribution >= 0.6 is 0 Å². The molecule has 0 aromatic heterocycles. The van der Waals surface area contributed by atoms with Crippen molar-refractivity contribution in [2.75, 3.05) is 39.8 Å². The van der Waals surface area contributed by atoms with E-state index in [-0.39, 0.29) is 0 Å². The molecule has 2 heteroatoms. The Kier molecular flexibility index (Phi) is 5.41. The summed E-state index contributed by atoms with van der Waals surface area (Å²) in [6.07, 6.45) is 5.57. The molecule has 124 valence electrons. The normalized spacial score (nSPS) is 27.4. The highest BCUT2D eigenvalue weighted by atomic mass is 15.1. The average Bonchev–Trinajstić information content (AvgIpc) is 2.86. The standard InChI is InChI=1S/C19H38N2/c1-18(2,3)17-9-13-21(15-17)14-10-19(4,5)16-7-11-20(6)12-8-16/h16-17H,7-15H2,1-6H3. The molecule has 2 aliphatic rings. The Morgan fingerprint density at radius 1 is 0.857 bits per heavy atom. The van der Waals surface area contributed by atoms with E-state index in [1.807, 2.05) is 0 Å². The third kappa shape index (κ3) is 4.69. The Bertz CT molecular complexity index is 321. The first kappa shape index (κ1) is 17.3. The third-order valence-corrected chi connectivity index (χ3v) is 6.39. The van der Waals surface area contributed by atoms with Crippen molar-refractivity contribution in [1.29, 1.82) is 0 Å². The molecule has 1 unspecified atom stereocenters. The number of rotatable bonds is 4. The quantitative estimate of drug-likeness (QED) is 0.770. The highest BCUT2D eigenvalue weighted by Gasteiger charge is 2.35. The van der Waals surface area contributed by atoms with Crippen LogP contribution in [0.5, 0.6) is 0 Å². The van der Waals surface area contributed by atoms with E-state index in [2.05, 4.69) is 51.5 Å². The molecule has 2 aliphatic heterocycles. The van der Waals surface area contributed by atoms with Gasteiger partial charge in [-0.1, -0.05) is 34.6 Å².